The number of sulfonamides is 1. The molecule has 0 aliphatic rings. The van der Waals surface area contributed by atoms with Crippen molar-refractivity contribution in [3.8, 4) is 0 Å². The van der Waals surface area contributed by atoms with Gasteiger partial charge in [0, 0.05) is 12.1 Å². The van der Waals surface area contributed by atoms with E-state index in [1.54, 1.807) is 6.07 Å². The highest BCUT2D eigenvalue weighted by Gasteiger charge is 2.17. The molecule has 6 nitrogen and oxygen atoms in total. The van der Waals surface area contributed by atoms with Gasteiger partial charge in [0.15, 0.2) is 0 Å². The van der Waals surface area contributed by atoms with Gasteiger partial charge in [0.1, 0.15) is 10.8 Å². The molecule has 114 valence electrons. The van der Waals surface area contributed by atoms with Crippen molar-refractivity contribution < 1.29 is 17.9 Å². The van der Waals surface area contributed by atoms with Crippen LogP contribution < -0.4 is 10.0 Å². The Morgan fingerprint density at radius 1 is 1.40 bits per heavy atom. The van der Waals surface area contributed by atoms with E-state index in [0.717, 1.165) is 15.1 Å². The molecule has 0 saturated carbocycles. The SMILES string of the molecule is CC(C)(C)NC(=O)OCCNS(=O)(=O)c1ccc(Br)s1. The summed E-state index contributed by atoms with van der Waals surface area (Å²) < 4.78 is 31.9. The number of ether oxygens (including phenoxy) is 1. The van der Waals surface area contributed by atoms with Gasteiger partial charge in [-0.2, -0.15) is 0 Å². The summed E-state index contributed by atoms with van der Waals surface area (Å²) in [5.74, 6) is 0. The summed E-state index contributed by atoms with van der Waals surface area (Å²) in [5.41, 5.74) is -0.389. The molecule has 1 heterocycles. The highest BCUT2D eigenvalue weighted by molar-refractivity contribution is 9.11. The van der Waals surface area contributed by atoms with Crippen LogP contribution in [0, 0.1) is 0 Å². The van der Waals surface area contributed by atoms with Crippen LogP contribution >= 0.6 is 27.3 Å². The Kier molecular flexibility index (Phi) is 5.99. The van der Waals surface area contributed by atoms with Crippen molar-refractivity contribution in [3.63, 3.8) is 0 Å². The standard InChI is InChI=1S/C11H17BrN2O4S2/c1-11(2,3)14-10(15)18-7-6-13-20(16,17)9-5-4-8(12)19-9/h4-5,13H,6-7H2,1-3H3,(H,14,15). The summed E-state index contributed by atoms with van der Waals surface area (Å²) >= 11 is 4.32. The van der Waals surface area contributed by atoms with E-state index >= 15 is 0 Å². The number of hydrogen-bond acceptors (Lipinski definition) is 5. The molecule has 0 radical (unpaired) electrons. The molecule has 0 aliphatic heterocycles. The van der Waals surface area contributed by atoms with E-state index in [4.69, 9.17) is 4.74 Å². The molecule has 0 unspecified atom stereocenters. The zero-order chi connectivity index (χ0) is 15.4. The van der Waals surface area contributed by atoms with Crippen LogP contribution in [0.5, 0.6) is 0 Å². The van der Waals surface area contributed by atoms with Crippen LogP contribution in [0.25, 0.3) is 0 Å². The number of amides is 1. The van der Waals surface area contributed by atoms with Crippen molar-refractivity contribution >= 4 is 43.4 Å². The number of thiophene rings is 1. The van der Waals surface area contributed by atoms with Gasteiger partial charge in [-0.15, -0.1) is 11.3 Å². The van der Waals surface area contributed by atoms with Gasteiger partial charge in [-0.1, -0.05) is 0 Å². The predicted molar refractivity (Wildman–Crippen MR) is 81.4 cm³/mol. The number of nitrogens with one attached hydrogen (secondary N) is 2. The van der Waals surface area contributed by atoms with E-state index < -0.39 is 16.1 Å². The summed E-state index contributed by atoms with van der Waals surface area (Å²) in [7, 11) is -3.55. The fourth-order valence-corrected chi connectivity index (χ4v) is 4.24. The van der Waals surface area contributed by atoms with Crippen molar-refractivity contribution in [2.75, 3.05) is 13.2 Å². The first-order valence-corrected chi connectivity index (χ1v) is 8.89. The smallest absolute Gasteiger partial charge is 0.407 e. The third-order valence-corrected chi connectivity index (χ3v) is 5.49. The first-order chi connectivity index (χ1) is 9.10. The minimum atomic E-state index is -3.55. The molecular formula is C11H17BrN2O4S2. The first-order valence-electron chi connectivity index (χ1n) is 5.80. The van der Waals surface area contributed by atoms with Gasteiger partial charge in [0.05, 0.1) is 3.79 Å². The van der Waals surface area contributed by atoms with Gasteiger partial charge < -0.3 is 10.1 Å². The zero-order valence-corrected chi connectivity index (χ0v) is 14.6. The Balaban J connectivity index is 2.36. The number of rotatable bonds is 5. The fraction of sp³-hybridized carbons (Fsp3) is 0.545. The second kappa shape index (κ2) is 6.88. The Hall–Kier alpha value is -0.640. The monoisotopic (exact) mass is 384 g/mol. The van der Waals surface area contributed by atoms with E-state index in [9.17, 15) is 13.2 Å². The molecule has 9 heteroatoms. The Morgan fingerprint density at radius 3 is 2.55 bits per heavy atom. The van der Waals surface area contributed by atoms with Gasteiger partial charge in [-0.05, 0) is 48.8 Å². The molecular weight excluding hydrogens is 368 g/mol. The lowest BCUT2D eigenvalue weighted by atomic mass is 10.1. The molecule has 1 aromatic heterocycles. The average Bonchev–Trinajstić information content (AvgIpc) is 2.70. The fourth-order valence-electron chi connectivity index (χ4n) is 1.18. The molecule has 0 aromatic carbocycles. The van der Waals surface area contributed by atoms with Crippen molar-refractivity contribution in [3.05, 3.63) is 15.9 Å². The molecule has 0 spiro atoms. The summed E-state index contributed by atoms with van der Waals surface area (Å²) in [6.45, 7) is 5.46. The highest BCUT2D eigenvalue weighted by Crippen LogP contribution is 2.25. The lowest BCUT2D eigenvalue weighted by Crippen LogP contribution is -2.41. The van der Waals surface area contributed by atoms with Crippen LogP contribution in [0.3, 0.4) is 0 Å². The molecule has 0 atom stereocenters. The van der Waals surface area contributed by atoms with Crippen molar-refractivity contribution in [2.45, 2.75) is 30.5 Å². The second-order valence-electron chi connectivity index (χ2n) is 4.97. The number of hydrogen-bond donors (Lipinski definition) is 2. The maximum Gasteiger partial charge on any atom is 0.407 e. The van der Waals surface area contributed by atoms with Crippen LogP contribution in [0.4, 0.5) is 4.79 Å². The third kappa shape index (κ3) is 6.21. The first kappa shape index (κ1) is 17.4. The van der Waals surface area contributed by atoms with E-state index in [1.165, 1.54) is 6.07 Å². The summed E-state index contributed by atoms with van der Waals surface area (Å²) in [6.07, 6.45) is -0.574. The molecule has 20 heavy (non-hydrogen) atoms. The minimum Gasteiger partial charge on any atom is -0.448 e. The van der Waals surface area contributed by atoms with Crippen LogP contribution in [-0.4, -0.2) is 33.2 Å². The maximum atomic E-state index is 11.8. The van der Waals surface area contributed by atoms with Gasteiger partial charge in [-0.3, -0.25) is 0 Å². The Labute approximate surface area is 131 Å². The maximum absolute atomic E-state index is 11.8. The van der Waals surface area contributed by atoms with Crippen LogP contribution in [0.1, 0.15) is 20.8 Å². The summed E-state index contributed by atoms with van der Waals surface area (Å²) in [5, 5.41) is 2.61. The van der Waals surface area contributed by atoms with Crippen LogP contribution in [0.15, 0.2) is 20.1 Å². The number of alkyl carbamates (subject to hydrolysis) is 1. The number of carbonyl (C=O) groups is 1. The molecule has 2 N–H and O–H groups in total. The highest BCUT2D eigenvalue weighted by atomic mass is 79.9. The van der Waals surface area contributed by atoms with E-state index in [2.05, 4.69) is 26.0 Å². The van der Waals surface area contributed by atoms with E-state index in [-0.39, 0.29) is 22.9 Å². The largest absolute Gasteiger partial charge is 0.448 e. The summed E-state index contributed by atoms with van der Waals surface area (Å²) in [6, 6.07) is 3.16. The number of halogens is 1. The van der Waals surface area contributed by atoms with Crippen LogP contribution in [-0.2, 0) is 14.8 Å². The molecule has 0 bridgehead atoms. The van der Waals surface area contributed by atoms with Gasteiger partial charge in [0.25, 0.3) is 0 Å². The quantitative estimate of drug-likeness (QED) is 0.762. The molecule has 0 fully saturated rings. The topological polar surface area (TPSA) is 84.5 Å². The van der Waals surface area contributed by atoms with E-state index in [1.807, 2.05) is 20.8 Å². The molecule has 1 aromatic rings. The predicted octanol–water partition coefficient (Wildman–Crippen LogP) is 2.31. The van der Waals surface area contributed by atoms with Gasteiger partial charge in [-0.25, -0.2) is 17.9 Å². The van der Waals surface area contributed by atoms with Gasteiger partial charge >= 0.3 is 6.09 Å². The van der Waals surface area contributed by atoms with E-state index in [0.29, 0.717) is 0 Å². The average molecular weight is 385 g/mol. The molecule has 1 rings (SSSR count). The zero-order valence-electron chi connectivity index (χ0n) is 11.4. The lowest BCUT2D eigenvalue weighted by Gasteiger charge is -2.19. The number of carbonyl (C=O) groups excluding carboxylic acids is 1. The minimum absolute atomic E-state index is 0.0232. The van der Waals surface area contributed by atoms with Gasteiger partial charge in [0.2, 0.25) is 10.0 Å². The van der Waals surface area contributed by atoms with Crippen molar-refractivity contribution in [1.82, 2.24) is 10.0 Å². The molecule has 1 amide bonds. The summed E-state index contributed by atoms with van der Waals surface area (Å²) in [4.78, 5) is 11.3. The normalized spacial score (nSPS) is 12.2. The Morgan fingerprint density at radius 2 is 2.05 bits per heavy atom. The molecule has 0 saturated heterocycles. The Bertz CT molecular complexity index is 563. The van der Waals surface area contributed by atoms with Crippen LogP contribution in [0.2, 0.25) is 0 Å². The lowest BCUT2D eigenvalue weighted by molar-refractivity contribution is 0.139. The third-order valence-electron chi connectivity index (χ3n) is 1.92. The van der Waals surface area contributed by atoms with Crippen molar-refractivity contribution in [2.24, 2.45) is 0 Å². The second-order valence-corrected chi connectivity index (χ2v) is 9.42. The van der Waals surface area contributed by atoms with Crippen molar-refractivity contribution in [1.29, 1.82) is 0 Å². The molecule has 0 aliphatic carbocycles.